The fourth-order valence-corrected chi connectivity index (χ4v) is 5.90. The van der Waals surface area contributed by atoms with E-state index >= 15 is 0 Å². The Balaban J connectivity index is 2.54. The minimum atomic E-state index is -3.89. The SMILES string of the molecule is CC(CS(=O)(=O)C1(C#N)CC1)(NS(=O)C(C)(C)C)c1cc(Br)cnc1F. The summed E-state index contributed by atoms with van der Waals surface area (Å²) in [5, 5.41) is 9.27. The van der Waals surface area contributed by atoms with Gasteiger partial charge in [-0.15, -0.1) is 0 Å². The van der Waals surface area contributed by atoms with Crippen molar-refractivity contribution in [1.29, 1.82) is 5.26 Å². The van der Waals surface area contributed by atoms with Gasteiger partial charge in [0.2, 0.25) is 5.95 Å². The Morgan fingerprint density at radius 2 is 2.00 bits per heavy atom. The first-order chi connectivity index (χ1) is 11.8. The summed E-state index contributed by atoms with van der Waals surface area (Å²) in [6.45, 7) is 6.63. The van der Waals surface area contributed by atoms with Crippen LogP contribution in [0.3, 0.4) is 0 Å². The molecule has 0 radical (unpaired) electrons. The van der Waals surface area contributed by atoms with Gasteiger partial charge in [0, 0.05) is 16.2 Å². The molecule has 1 N–H and O–H groups in total. The van der Waals surface area contributed by atoms with Crippen LogP contribution in [0, 0.1) is 17.3 Å². The van der Waals surface area contributed by atoms with Crippen LogP contribution in [0.15, 0.2) is 16.7 Å². The predicted molar refractivity (Wildman–Crippen MR) is 102 cm³/mol. The first-order valence-corrected chi connectivity index (χ1v) is 11.5. The highest BCUT2D eigenvalue weighted by atomic mass is 79.9. The van der Waals surface area contributed by atoms with E-state index in [1.165, 1.54) is 19.2 Å². The maximum Gasteiger partial charge on any atom is 0.218 e. The van der Waals surface area contributed by atoms with Crippen molar-refractivity contribution in [3.63, 3.8) is 0 Å². The molecule has 1 fully saturated rings. The summed E-state index contributed by atoms with van der Waals surface area (Å²) in [6, 6.07) is 3.28. The molecule has 1 aliphatic rings. The van der Waals surface area contributed by atoms with E-state index in [4.69, 9.17) is 0 Å². The number of sulfone groups is 1. The van der Waals surface area contributed by atoms with Gasteiger partial charge in [-0.1, -0.05) is 0 Å². The fourth-order valence-electron chi connectivity index (χ4n) is 2.45. The summed E-state index contributed by atoms with van der Waals surface area (Å²) >= 11 is 3.21. The molecule has 0 amide bonds. The molecule has 2 rings (SSSR count). The van der Waals surface area contributed by atoms with Crippen molar-refractivity contribution in [3.05, 3.63) is 28.2 Å². The first kappa shape index (κ1) is 21.4. The maximum atomic E-state index is 14.5. The van der Waals surface area contributed by atoms with Crippen LogP contribution in [0.5, 0.6) is 0 Å². The highest BCUT2D eigenvalue weighted by Gasteiger charge is 2.57. The third-order valence-corrected chi connectivity index (χ3v) is 9.09. The molecular formula is C16H21BrFN3O3S2. The summed E-state index contributed by atoms with van der Waals surface area (Å²) in [5.41, 5.74) is -1.55. The normalized spacial score (nSPS) is 20.0. The summed E-state index contributed by atoms with van der Waals surface area (Å²) in [5.74, 6) is -1.42. The molecule has 2 unspecified atom stereocenters. The van der Waals surface area contributed by atoms with Gasteiger partial charge in [0.15, 0.2) is 14.6 Å². The van der Waals surface area contributed by atoms with Gasteiger partial charge in [0.1, 0.15) is 0 Å². The number of hydrogen-bond acceptors (Lipinski definition) is 5. The zero-order valence-corrected chi connectivity index (χ0v) is 18.2. The molecule has 1 aromatic heterocycles. The molecule has 1 aliphatic carbocycles. The number of hydrogen-bond donors (Lipinski definition) is 1. The van der Waals surface area contributed by atoms with Crippen LogP contribution in [0.1, 0.15) is 46.1 Å². The lowest BCUT2D eigenvalue weighted by molar-refractivity contribution is 0.440. The van der Waals surface area contributed by atoms with E-state index in [0.717, 1.165) is 0 Å². The monoisotopic (exact) mass is 465 g/mol. The maximum absolute atomic E-state index is 14.5. The predicted octanol–water partition coefficient (Wildman–Crippen LogP) is 2.72. The van der Waals surface area contributed by atoms with Gasteiger partial charge in [-0.2, -0.15) is 9.65 Å². The summed E-state index contributed by atoms with van der Waals surface area (Å²) in [7, 11) is -5.57. The topological polar surface area (TPSA) is 99.9 Å². The molecule has 1 saturated carbocycles. The average molecular weight is 466 g/mol. The van der Waals surface area contributed by atoms with Crippen molar-refractivity contribution in [2.75, 3.05) is 5.75 Å². The zero-order valence-electron chi connectivity index (χ0n) is 15.0. The largest absolute Gasteiger partial charge is 0.242 e. The van der Waals surface area contributed by atoms with Crippen molar-refractivity contribution in [3.8, 4) is 6.07 Å². The lowest BCUT2D eigenvalue weighted by atomic mass is 9.97. The van der Waals surface area contributed by atoms with E-state index in [0.29, 0.717) is 4.47 Å². The molecule has 0 bridgehead atoms. The van der Waals surface area contributed by atoms with Crippen LogP contribution in [-0.4, -0.2) is 32.9 Å². The van der Waals surface area contributed by atoms with Gasteiger partial charge < -0.3 is 0 Å². The van der Waals surface area contributed by atoms with Gasteiger partial charge >= 0.3 is 0 Å². The van der Waals surface area contributed by atoms with E-state index in [1.54, 1.807) is 20.8 Å². The number of aromatic nitrogens is 1. The van der Waals surface area contributed by atoms with Gasteiger partial charge in [-0.25, -0.2) is 22.3 Å². The number of halogens is 2. The fraction of sp³-hybridized carbons (Fsp3) is 0.625. The van der Waals surface area contributed by atoms with E-state index in [9.17, 15) is 22.3 Å². The molecular weight excluding hydrogens is 445 g/mol. The molecule has 0 aliphatic heterocycles. The standard InChI is InChI=1S/C16H21BrFN3O3S2/c1-14(2,3)25(22)21-15(4,12-7-11(17)8-20-13(12)18)10-26(23,24)16(9-19)5-6-16/h7-8,21H,5-6,10H2,1-4H3. The average Bonchev–Trinajstić information content (AvgIpc) is 3.29. The highest BCUT2D eigenvalue weighted by Crippen LogP contribution is 2.45. The van der Waals surface area contributed by atoms with E-state index < -0.39 is 47.6 Å². The van der Waals surface area contributed by atoms with Crippen molar-refractivity contribution >= 4 is 36.8 Å². The molecule has 0 saturated heterocycles. The Labute approximate surface area is 164 Å². The Kier molecular flexibility index (Phi) is 5.71. The van der Waals surface area contributed by atoms with Gasteiger partial charge in [-0.3, -0.25) is 0 Å². The molecule has 0 spiro atoms. The second-order valence-corrected chi connectivity index (χ2v) is 12.9. The van der Waals surface area contributed by atoms with Crippen LogP contribution in [0.4, 0.5) is 4.39 Å². The number of rotatable bonds is 6. The molecule has 144 valence electrons. The zero-order chi connectivity index (χ0) is 20.0. The summed E-state index contributed by atoms with van der Waals surface area (Å²) < 4.78 is 53.9. The Hall–Kier alpha value is -0.890. The third kappa shape index (κ3) is 4.16. The summed E-state index contributed by atoms with van der Waals surface area (Å²) in [6.07, 6.45) is 1.76. The van der Waals surface area contributed by atoms with Gasteiger partial charge in [0.05, 0.1) is 33.1 Å². The first-order valence-electron chi connectivity index (χ1n) is 7.91. The summed E-state index contributed by atoms with van der Waals surface area (Å²) in [4.78, 5) is 3.63. The quantitative estimate of drug-likeness (QED) is 0.650. The van der Waals surface area contributed by atoms with Crippen LogP contribution in [-0.2, 0) is 26.4 Å². The molecule has 10 heteroatoms. The molecule has 1 aromatic rings. The number of nitriles is 1. The molecule has 6 nitrogen and oxygen atoms in total. The van der Waals surface area contributed by atoms with E-state index in [-0.39, 0.29) is 18.4 Å². The highest BCUT2D eigenvalue weighted by molar-refractivity contribution is 9.10. The second-order valence-electron chi connectivity index (χ2n) is 7.67. The van der Waals surface area contributed by atoms with Crippen molar-refractivity contribution in [2.24, 2.45) is 0 Å². The van der Waals surface area contributed by atoms with Crippen LogP contribution < -0.4 is 4.72 Å². The lowest BCUT2D eigenvalue weighted by Crippen LogP contribution is -2.52. The van der Waals surface area contributed by atoms with Gasteiger partial charge in [0.25, 0.3) is 0 Å². The molecule has 1 heterocycles. The molecule has 0 aromatic carbocycles. The van der Waals surface area contributed by atoms with E-state index in [2.05, 4.69) is 25.6 Å². The lowest BCUT2D eigenvalue weighted by Gasteiger charge is -2.34. The van der Waals surface area contributed by atoms with Crippen molar-refractivity contribution in [1.82, 2.24) is 9.71 Å². The minimum Gasteiger partial charge on any atom is -0.242 e. The molecule has 26 heavy (non-hydrogen) atoms. The number of nitrogens with zero attached hydrogens (tertiary/aromatic N) is 2. The van der Waals surface area contributed by atoms with E-state index in [1.807, 2.05) is 6.07 Å². The number of pyridine rings is 1. The minimum absolute atomic E-state index is 0.0261. The molecule has 2 atom stereocenters. The smallest absolute Gasteiger partial charge is 0.218 e. The Morgan fingerprint density at radius 1 is 1.42 bits per heavy atom. The second kappa shape index (κ2) is 6.93. The van der Waals surface area contributed by atoms with Crippen LogP contribution in [0.2, 0.25) is 0 Å². The van der Waals surface area contributed by atoms with Gasteiger partial charge in [-0.05, 0) is 62.5 Å². The Morgan fingerprint density at radius 3 is 2.46 bits per heavy atom. The van der Waals surface area contributed by atoms with Crippen molar-refractivity contribution in [2.45, 2.75) is 55.6 Å². The van der Waals surface area contributed by atoms with Crippen molar-refractivity contribution < 1.29 is 17.0 Å². The number of nitrogens with one attached hydrogen (secondary N) is 1. The van der Waals surface area contributed by atoms with Crippen LogP contribution >= 0.6 is 15.9 Å². The Bertz CT molecular complexity index is 889. The third-order valence-electron chi connectivity index (χ3n) is 4.26. The van der Waals surface area contributed by atoms with Crippen LogP contribution in [0.25, 0.3) is 0 Å².